The van der Waals surface area contributed by atoms with Crippen molar-refractivity contribution in [1.82, 2.24) is 24.5 Å². The first kappa shape index (κ1) is 17.6. The highest BCUT2D eigenvalue weighted by atomic mass is 79.9. The lowest BCUT2D eigenvalue weighted by Crippen LogP contribution is -2.17. The van der Waals surface area contributed by atoms with Crippen LogP contribution in [0.3, 0.4) is 0 Å². The van der Waals surface area contributed by atoms with Crippen LogP contribution in [0.2, 0.25) is 5.02 Å². The number of anilines is 1. The first-order valence-electron chi connectivity index (χ1n) is 7.19. The molecular weight excluding hydrogens is 415 g/mol. The van der Waals surface area contributed by atoms with Crippen LogP contribution in [-0.4, -0.2) is 30.5 Å². The van der Waals surface area contributed by atoms with Crippen molar-refractivity contribution in [3.8, 4) is 0 Å². The Morgan fingerprint density at radius 3 is 2.80 bits per heavy atom. The molecule has 2 aromatic heterocycles. The van der Waals surface area contributed by atoms with Gasteiger partial charge < -0.3 is 0 Å². The molecule has 0 aliphatic rings. The summed E-state index contributed by atoms with van der Waals surface area (Å²) in [7, 11) is 1.67. The molecule has 3 rings (SSSR count). The van der Waals surface area contributed by atoms with Gasteiger partial charge in [-0.2, -0.15) is 5.10 Å². The van der Waals surface area contributed by atoms with Crippen molar-refractivity contribution in [2.75, 3.05) is 5.32 Å². The van der Waals surface area contributed by atoms with Gasteiger partial charge in [0, 0.05) is 17.6 Å². The molecule has 0 atom stereocenters. The van der Waals surface area contributed by atoms with E-state index in [1.165, 1.54) is 27.8 Å². The molecule has 0 spiro atoms. The summed E-state index contributed by atoms with van der Waals surface area (Å²) in [5.41, 5.74) is 1.35. The second-order valence-electron chi connectivity index (χ2n) is 5.29. The van der Waals surface area contributed by atoms with E-state index in [1.54, 1.807) is 20.0 Å². The Balaban J connectivity index is 1.77. The molecule has 0 fully saturated rings. The van der Waals surface area contributed by atoms with E-state index in [4.69, 9.17) is 11.6 Å². The Morgan fingerprint density at radius 1 is 1.40 bits per heavy atom. The minimum atomic E-state index is -0.428. The van der Waals surface area contributed by atoms with E-state index in [9.17, 15) is 9.18 Å². The third kappa shape index (κ3) is 3.57. The third-order valence-corrected chi connectivity index (χ3v) is 4.81. The number of halogens is 3. The summed E-state index contributed by atoms with van der Waals surface area (Å²) < 4.78 is 17.3. The second kappa shape index (κ2) is 6.93. The summed E-state index contributed by atoms with van der Waals surface area (Å²) in [6, 6.07) is 4.45. The molecule has 10 heteroatoms. The molecule has 0 bridgehead atoms. The Bertz CT molecular complexity index is 933. The maximum Gasteiger partial charge on any atom is 0.277 e. The smallest absolute Gasteiger partial charge is 0.277 e. The van der Waals surface area contributed by atoms with Gasteiger partial charge >= 0.3 is 0 Å². The van der Waals surface area contributed by atoms with Crippen LogP contribution in [0.4, 0.5) is 10.3 Å². The van der Waals surface area contributed by atoms with Crippen molar-refractivity contribution in [3.63, 3.8) is 0 Å². The standard InChI is InChI=1S/C15H13BrClFN6O/c1-8-12(16)13(23(2)21-8)14(25)20-15-19-7-24(22-15)6-9-10(17)4-3-5-11(9)18/h3-5,7H,6H2,1-2H3,(H,20,22,25). The monoisotopic (exact) mass is 426 g/mol. The molecule has 3 aromatic rings. The van der Waals surface area contributed by atoms with Gasteiger partial charge in [0.05, 0.1) is 16.7 Å². The summed E-state index contributed by atoms with van der Waals surface area (Å²) in [4.78, 5) is 16.4. The van der Waals surface area contributed by atoms with Crippen LogP contribution in [-0.2, 0) is 13.6 Å². The van der Waals surface area contributed by atoms with E-state index >= 15 is 0 Å². The molecule has 1 amide bonds. The lowest BCUT2D eigenvalue weighted by molar-refractivity contribution is 0.101. The molecule has 25 heavy (non-hydrogen) atoms. The summed E-state index contributed by atoms with van der Waals surface area (Å²) in [5.74, 6) is -0.734. The average Bonchev–Trinajstić information content (AvgIpc) is 3.08. The molecule has 0 saturated carbocycles. The first-order chi connectivity index (χ1) is 11.9. The van der Waals surface area contributed by atoms with Gasteiger partial charge in [0.1, 0.15) is 17.8 Å². The Morgan fingerprint density at radius 2 is 2.16 bits per heavy atom. The third-order valence-electron chi connectivity index (χ3n) is 3.51. The van der Waals surface area contributed by atoms with Crippen LogP contribution < -0.4 is 5.32 Å². The van der Waals surface area contributed by atoms with E-state index in [1.807, 2.05) is 0 Å². The lowest BCUT2D eigenvalue weighted by atomic mass is 10.2. The van der Waals surface area contributed by atoms with Crippen molar-refractivity contribution < 1.29 is 9.18 Å². The number of hydrogen-bond donors (Lipinski definition) is 1. The number of hydrogen-bond acceptors (Lipinski definition) is 4. The van der Waals surface area contributed by atoms with Crippen LogP contribution in [0.1, 0.15) is 21.7 Å². The van der Waals surface area contributed by atoms with Crippen LogP contribution in [0.25, 0.3) is 0 Å². The second-order valence-corrected chi connectivity index (χ2v) is 6.49. The van der Waals surface area contributed by atoms with Crippen molar-refractivity contribution in [2.24, 2.45) is 7.05 Å². The van der Waals surface area contributed by atoms with Crippen LogP contribution in [0.15, 0.2) is 29.0 Å². The molecule has 7 nitrogen and oxygen atoms in total. The van der Waals surface area contributed by atoms with E-state index in [0.717, 1.165) is 0 Å². The highest BCUT2D eigenvalue weighted by Gasteiger charge is 2.19. The molecule has 0 aliphatic carbocycles. The summed E-state index contributed by atoms with van der Waals surface area (Å²) in [6.45, 7) is 1.88. The first-order valence-corrected chi connectivity index (χ1v) is 8.36. The highest BCUT2D eigenvalue weighted by molar-refractivity contribution is 9.10. The fourth-order valence-electron chi connectivity index (χ4n) is 2.31. The zero-order chi connectivity index (χ0) is 18.1. The van der Waals surface area contributed by atoms with E-state index in [0.29, 0.717) is 26.4 Å². The SMILES string of the molecule is Cc1nn(C)c(C(=O)Nc2ncn(Cc3c(F)cccc3Cl)n2)c1Br. The van der Waals surface area contributed by atoms with Gasteiger partial charge in [0.25, 0.3) is 5.91 Å². The highest BCUT2D eigenvalue weighted by Crippen LogP contribution is 2.22. The number of aryl methyl sites for hydroxylation is 2. The minimum absolute atomic E-state index is 0.100. The van der Waals surface area contributed by atoms with Crippen LogP contribution in [0, 0.1) is 12.7 Å². The summed E-state index contributed by atoms with van der Waals surface area (Å²) >= 11 is 9.34. The van der Waals surface area contributed by atoms with Gasteiger partial charge in [-0.15, -0.1) is 5.10 Å². The number of nitrogens with one attached hydrogen (secondary N) is 1. The molecule has 0 unspecified atom stereocenters. The normalized spacial score (nSPS) is 10.9. The van der Waals surface area contributed by atoms with Gasteiger partial charge in [-0.3, -0.25) is 14.8 Å². The maximum atomic E-state index is 13.8. The van der Waals surface area contributed by atoms with Crippen molar-refractivity contribution in [3.05, 3.63) is 56.8 Å². The lowest BCUT2D eigenvalue weighted by Gasteiger charge is -2.05. The van der Waals surface area contributed by atoms with Crippen LogP contribution >= 0.6 is 27.5 Å². The van der Waals surface area contributed by atoms with Gasteiger partial charge in [-0.05, 0) is 35.0 Å². The number of aromatic nitrogens is 5. The van der Waals surface area contributed by atoms with Crippen molar-refractivity contribution in [1.29, 1.82) is 0 Å². The van der Waals surface area contributed by atoms with Crippen molar-refractivity contribution >= 4 is 39.4 Å². The number of carbonyl (C=O) groups is 1. The van der Waals surface area contributed by atoms with Gasteiger partial charge in [-0.1, -0.05) is 17.7 Å². The number of benzene rings is 1. The maximum absolute atomic E-state index is 13.8. The average molecular weight is 428 g/mol. The number of carbonyl (C=O) groups excluding carboxylic acids is 1. The Hall–Kier alpha value is -2.26. The predicted molar refractivity (Wildman–Crippen MR) is 94.1 cm³/mol. The van der Waals surface area contributed by atoms with E-state index in [2.05, 4.69) is 36.4 Å². The fraction of sp³-hybridized carbons (Fsp3) is 0.200. The van der Waals surface area contributed by atoms with Crippen molar-refractivity contribution in [2.45, 2.75) is 13.5 Å². The van der Waals surface area contributed by atoms with Crippen LogP contribution in [0.5, 0.6) is 0 Å². The zero-order valence-electron chi connectivity index (χ0n) is 13.3. The quantitative estimate of drug-likeness (QED) is 0.694. The van der Waals surface area contributed by atoms with Gasteiger partial charge in [0.2, 0.25) is 5.95 Å². The largest absolute Gasteiger partial charge is 0.288 e. The molecule has 1 aromatic carbocycles. The predicted octanol–water partition coefficient (Wildman–Crippen LogP) is 3.18. The summed E-state index contributed by atoms with van der Waals surface area (Å²) in [6.07, 6.45) is 1.39. The number of nitrogens with zero attached hydrogens (tertiary/aromatic N) is 5. The van der Waals surface area contributed by atoms with Gasteiger partial charge in [0.15, 0.2) is 0 Å². The Labute approximate surface area is 155 Å². The van der Waals surface area contributed by atoms with Gasteiger partial charge in [-0.25, -0.2) is 14.1 Å². The molecule has 2 heterocycles. The molecule has 130 valence electrons. The topological polar surface area (TPSA) is 77.6 Å². The van der Waals surface area contributed by atoms with E-state index in [-0.39, 0.29) is 12.5 Å². The van der Waals surface area contributed by atoms with E-state index < -0.39 is 11.7 Å². The number of rotatable bonds is 4. The molecular formula is C15H13BrClFN6O. The molecule has 0 radical (unpaired) electrons. The zero-order valence-corrected chi connectivity index (χ0v) is 15.6. The molecule has 1 N–H and O–H groups in total. The Kier molecular flexibility index (Phi) is 4.87. The number of amides is 1. The minimum Gasteiger partial charge on any atom is -0.288 e. The molecule has 0 aliphatic heterocycles. The fourth-order valence-corrected chi connectivity index (χ4v) is 3.05. The summed E-state index contributed by atoms with van der Waals surface area (Å²) in [5, 5.41) is 11.2. The molecule has 0 saturated heterocycles.